The van der Waals surface area contributed by atoms with Crippen LogP contribution in [0.3, 0.4) is 0 Å². The van der Waals surface area contributed by atoms with Crippen molar-refractivity contribution in [3.63, 3.8) is 0 Å². The van der Waals surface area contributed by atoms with Crippen molar-refractivity contribution in [1.29, 1.82) is 0 Å². The maximum atomic E-state index is 13.3. The molecule has 0 saturated heterocycles. The monoisotopic (exact) mass is 316 g/mol. The van der Waals surface area contributed by atoms with Crippen LogP contribution in [0.4, 0.5) is 14.5 Å². The van der Waals surface area contributed by atoms with E-state index in [1.807, 2.05) is 0 Å². The molecule has 0 aliphatic carbocycles. The van der Waals surface area contributed by atoms with Crippen LogP contribution in [0.15, 0.2) is 24.3 Å². The standard InChI is InChI=1S/C13H11ClF2N2OS/c1-6(10-2-3-11(14)20-10)18-13(19)7-4-8(15)12(17)9(16)5-7/h2-6H,17H2,1H3,(H,18,19). The van der Waals surface area contributed by atoms with E-state index in [0.29, 0.717) is 4.34 Å². The Hall–Kier alpha value is -1.66. The molecule has 1 aromatic heterocycles. The summed E-state index contributed by atoms with van der Waals surface area (Å²) >= 11 is 7.13. The average Bonchev–Trinajstić information content (AvgIpc) is 2.82. The van der Waals surface area contributed by atoms with Gasteiger partial charge in [-0.2, -0.15) is 0 Å². The number of carbonyl (C=O) groups excluding carboxylic acids is 1. The Bertz CT molecular complexity index is 637. The smallest absolute Gasteiger partial charge is 0.251 e. The Labute approximate surface area is 123 Å². The maximum absolute atomic E-state index is 13.3. The van der Waals surface area contributed by atoms with Crippen LogP contribution < -0.4 is 11.1 Å². The molecule has 0 fully saturated rings. The molecule has 1 heterocycles. The zero-order valence-electron chi connectivity index (χ0n) is 10.4. The number of amides is 1. The second-order valence-electron chi connectivity index (χ2n) is 4.19. The lowest BCUT2D eigenvalue weighted by Crippen LogP contribution is -2.26. The minimum atomic E-state index is -0.957. The molecular formula is C13H11ClF2N2OS. The SMILES string of the molecule is CC(NC(=O)c1cc(F)c(N)c(F)c1)c1ccc(Cl)s1. The number of anilines is 1. The van der Waals surface area contributed by atoms with Crippen LogP contribution in [0.2, 0.25) is 4.34 Å². The van der Waals surface area contributed by atoms with Gasteiger partial charge in [0.2, 0.25) is 0 Å². The van der Waals surface area contributed by atoms with Gasteiger partial charge >= 0.3 is 0 Å². The molecule has 1 aromatic carbocycles. The van der Waals surface area contributed by atoms with E-state index in [-0.39, 0.29) is 11.6 Å². The molecule has 2 rings (SSSR count). The van der Waals surface area contributed by atoms with Crippen molar-refractivity contribution < 1.29 is 13.6 Å². The Kier molecular flexibility index (Phi) is 4.25. The van der Waals surface area contributed by atoms with Crippen LogP contribution in [0, 0.1) is 11.6 Å². The van der Waals surface area contributed by atoms with Crippen molar-refractivity contribution in [3.8, 4) is 0 Å². The Morgan fingerprint density at radius 2 is 1.95 bits per heavy atom. The molecular weight excluding hydrogens is 306 g/mol. The largest absolute Gasteiger partial charge is 0.394 e. The highest BCUT2D eigenvalue weighted by atomic mass is 35.5. The van der Waals surface area contributed by atoms with E-state index in [4.69, 9.17) is 17.3 Å². The van der Waals surface area contributed by atoms with Crippen LogP contribution in [-0.4, -0.2) is 5.91 Å². The molecule has 106 valence electrons. The maximum Gasteiger partial charge on any atom is 0.251 e. The molecule has 0 spiro atoms. The molecule has 3 N–H and O–H groups in total. The van der Waals surface area contributed by atoms with E-state index in [9.17, 15) is 13.6 Å². The summed E-state index contributed by atoms with van der Waals surface area (Å²) in [6.07, 6.45) is 0. The second kappa shape index (κ2) is 5.76. The van der Waals surface area contributed by atoms with Gasteiger partial charge in [-0.15, -0.1) is 11.3 Å². The quantitative estimate of drug-likeness (QED) is 0.847. The summed E-state index contributed by atoms with van der Waals surface area (Å²) in [4.78, 5) is 12.8. The number of nitrogens with two attached hydrogens (primary N) is 1. The van der Waals surface area contributed by atoms with Gasteiger partial charge in [0.25, 0.3) is 5.91 Å². The second-order valence-corrected chi connectivity index (χ2v) is 5.94. The highest BCUT2D eigenvalue weighted by molar-refractivity contribution is 7.16. The number of nitrogens with one attached hydrogen (secondary N) is 1. The molecule has 20 heavy (non-hydrogen) atoms. The van der Waals surface area contributed by atoms with Gasteiger partial charge in [-0.05, 0) is 31.2 Å². The minimum Gasteiger partial charge on any atom is -0.394 e. The van der Waals surface area contributed by atoms with Crippen molar-refractivity contribution in [2.45, 2.75) is 13.0 Å². The molecule has 7 heteroatoms. The summed E-state index contributed by atoms with van der Waals surface area (Å²) < 4.78 is 27.2. The number of hydrogen-bond donors (Lipinski definition) is 2. The first-order valence-electron chi connectivity index (χ1n) is 5.69. The molecule has 0 bridgehead atoms. The van der Waals surface area contributed by atoms with E-state index in [1.165, 1.54) is 11.3 Å². The number of halogens is 3. The van der Waals surface area contributed by atoms with E-state index in [1.54, 1.807) is 19.1 Å². The molecule has 1 amide bonds. The predicted octanol–water partition coefficient (Wildman–Crippen LogP) is 3.75. The number of hydrogen-bond acceptors (Lipinski definition) is 3. The van der Waals surface area contributed by atoms with Gasteiger partial charge in [0.1, 0.15) is 17.3 Å². The van der Waals surface area contributed by atoms with Crippen molar-refractivity contribution in [2.75, 3.05) is 5.73 Å². The molecule has 0 radical (unpaired) electrons. The van der Waals surface area contributed by atoms with Gasteiger partial charge in [-0.25, -0.2) is 8.78 Å². The summed E-state index contributed by atoms with van der Waals surface area (Å²) in [6.45, 7) is 1.75. The summed E-state index contributed by atoms with van der Waals surface area (Å²) in [7, 11) is 0. The van der Waals surface area contributed by atoms with Gasteiger partial charge in [0, 0.05) is 10.4 Å². The zero-order valence-corrected chi connectivity index (χ0v) is 12.0. The Balaban J connectivity index is 2.16. The first kappa shape index (κ1) is 14.7. The molecule has 2 aromatic rings. The molecule has 1 unspecified atom stereocenters. The summed E-state index contributed by atoms with van der Waals surface area (Å²) in [6, 6.07) is 4.99. The number of thiophene rings is 1. The highest BCUT2D eigenvalue weighted by Crippen LogP contribution is 2.27. The van der Waals surface area contributed by atoms with Crippen molar-refractivity contribution in [2.24, 2.45) is 0 Å². The Morgan fingerprint density at radius 1 is 1.35 bits per heavy atom. The third kappa shape index (κ3) is 3.08. The van der Waals surface area contributed by atoms with Crippen LogP contribution in [0.5, 0.6) is 0 Å². The van der Waals surface area contributed by atoms with E-state index in [2.05, 4.69) is 5.32 Å². The molecule has 0 aliphatic rings. The number of carbonyl (C=O) groups is 1. The Morgan fingerprint density at radius 3 is 2.45 bits per heavy atom. The number of rotatable bonds is 3. The van der Waals surface area contributed by atoms with Gasteiger partial charge < -0.3 is 11.1 Å². The average molecular weight is 317 g/mol. The van der Waals surface area contributed by atoms with Gasteiger partial charge in [0.05, 0.1) is 10.4 Å². The zero-order chi connectivity index (χ0) is 14.9. The predicted molar refractivity (Wildman–Crippen MR) is 76.0 cm³/mol. The topological polar surface area (TPSA) is 55.1 Å². The van der Waals surface area contributed by atoms with E-state index >= 15 is 0 Å². The first-order chi connectivity index (χ1) is 9.38. The fourth-order valence-corrected chi connectivity index (χ4v) is 2.69. The molecule has 0 aliphatic heterocycles. The molecule has 0 saturated carbocycles. The van der Waals surface area contributed by atoms with Gasteiger partial charge in [0.15, 0.2) is 0 Å². The van der Waals surface area contributed by atoms with E-state index < -0.39 is 23.2 Å². The molecule has 3 nitrogen and oxygen atoms in total. The van der Waals surface area contributed by atoms with Gasteiger partial charge in [-0.3, -0.25) is 4.79 Å². The minimum absolute atomic E-state index is 0.122. The van der Waals surface area contributed by atoms with Gasteiger partial charge in [-0.1, -0.05) is 11.6 Å². The third-order valence-corrected chi connectivity index (χ3v) is 4.12. The fraction of sp³-hybridized carbons (Fsp3) is 0.154. The summed E-state index contributed by atoms with van der Waals surface area (Å²) in [5.41, 5.74) is 4.43. The van der Waals surface area contributed by atoms with E-state index in [0.717, 1.165) is 17.0 Å². The lowest BCUT2D eigenvalue weighted by Gasteiger charge is -2.12. The number of nitrogen functional groups attached to an aromatic ring is 1. The fourth-order valence-electron chi connectivity index (χ4n) is 1.63. The lowest BCUT2D eigenvalue weighted by atomic mass is 10.1. The van der Waals surface area contributed by atoms with Crippen LogP contribution in [0.1, 0.15) is 28.2 Å². The number of benzene rings is 1. The highest BCUT2D eigenvalue weighted by Gasteiger charge is 2.16. The summed E-state index contributed by atoms with van der Waals surface area (Å²) in [5, 5.41) is 2.64. The van der Waals surface area contributed by atoms with Crippen LogP contribution in [-0.2, 0) is 0 Å². The summed E-state index contributed by atoms with van der Waals surface area (Å²) in [5.74, 6) is -2.50. The van der Waals surface area contributed by atoms with Crippen molar-refractivity contribution in [3.05, 3.63) is 50.7 Å². The molecule has 1 atom stereocenters. The van der Waals surface area contributed by atoms with Crippen LogP contribution in [0.25, 0.3) is 0 Å². The van der Waals surface area contributed by atoms with Crippen LogP contribution >= 0.6 is 22.9 Å². The third-order valence-electron chi connectivity index (χ3n) is 2.71. The normalized spacial score (nSPS) is 12.2. The first-order valence-corrected chi connectivity index (χ1v) is 6.88. The van der Waals surface area contributed by atoms with Crippen molar-refractivity contribution >= 4 is 34.5 Å². The van der Waals surface area contributed by atoms with Crippen molar-refractivity contribution in [1.82, 2.24) is 5.32 Å². The lowest BCUT2D eigenvalue weighted by molar-refractivity contribution is 0.0939.